The zero-order valence-electron chi connectivity index (χ0n) is 11.6. The predicted octanol–water partition coefficient (Wildman–Crippen LogP) is 0.00480. The maximum Gasteiger partial charge on any atom is 0.249 e. The van der Waals surface area contributed by atoms with Crippen LogP contribution in [0.5, 0.6) is 0 Å². The second kappa shape index (κ2) is 4.76. The van der Waals surface area contributed by atoms with E-state index < -0.39 is 6.04 Å². The molecule has 21 heavy (non-hydrogen) atoms. The molecule has 2 aliphatic heterocycles. The Balaban J connectivity index is 2.03. The molecule has 0 aromatic heterocycles. The third-order valence-corrected chi connectivity index (χ3v) is 3.83. The number of nitrogens with one attached hydrogen (secondary N) is 2. The van der Waals surface area contributed by atoms with Crippen molar-refractivity contribution in [2.24, 2.45) is 0 Å². The van der Waals surface area contributed by atoms with Crippen LogP contribution in [-0.2, 0) is 20.8 Å². The van der Waals surface area contributed by atoms with Gasteiger partial charge in [0.1, 0.15) is 6.04 Å². The van der Waals surface area contributed by atoms with E-state index in [4.69, 9.17) is 5.73 Å². The average Bonchev–Trinajstić information content (AvgIpc) is 2.76. The van der Waals surface area contributed by atoms with E-state index in [1.54, 1.807) is 17.0 Å². The number of anilines is 3. The standard InChI is InChI=1S/C14H16N4O3/c1-2-10-14(21)17-13(20)6-18(10)11-5-9-7(3-8(11)15)4-12(19)16-9/h3,5,10H,2,4,6,15H2,1H3,(H,16,19)(H,17,20,21). The van der Waals surface area contributed by atoms with Crippen LogP contribution in [0.1, 0.15) is 18.9 Å². The van der Waals surface area contributed by atoms with Gasteiger partial charge in [0.15, 0.2) is 0 Å². The first kappa shape index (κ1) is 13.4. The van der Waals surface area contributed by atoms with Crippen LogP contribution in [0.25, 0.3) is 0 Å². The molecule has 1 unspecified atom stereocenters. The van der Waals surface area contributed by atoms with Gasteiger partial charge in [-0.2, -0.15) is 0 Å². The fourth-order valence-electron chi connectivity index (χ4n) is 2.86. The molecule has 0 radical (unpaired) electrons. The van der Waals surface area contributed by atoms with Crippen molar-refractivity contribution in [3.63, 3.8) is 0 Å². The van der Waals surface area contributed by atoms with Gasteiger partial charge in [0.05, 0.1) is 24.3 Å². The fraction of sp³-hybridized carbons (Fsp3) is 0.357. The molecule has 1 atom stereocenters. The molecular formula is C14H16N4O3. The molecule has 4 N–H and O–H groups in total. The normalized spacial score (nSPS) is 21.1. The SMILES string of the molecule is CCC1C(=O)NC(=O)CN1c1cc2c(cc1N)CC(=O)N2. The summed E-state index contributed by atoms with van der Waals surface area (Å²) in [7, 11) is 0. The van der Waals surface area contributed by atoms with Crippen molar-refractivity contribution in [3.8, 4) is 0 Å². The summed E-state index contributed by atoms with van der Waals surface area (Å²) in [5, 5.41) is 5.08. The zero-order chi connectivity index (χ0) is 15.1. The highest BCUT2D eigenvalue weighted by Gasteiger charge is 2.34. The zero-order valence-corrected chi connectivity index (χ0v) is 11.6. The summed E-state index contributed by atoms with van der Waals surface area (Å²) in [5.74, 6) is -0.757. The summed E-state index contributed by atoms with van der Waals surface area (Å²) in [5.41, 5.74) is 8.65. The number of nitrogen functional groups attached to an aromatic ring is 1. The number of hydrogen-bond acceptors (Lipinski definition) is 5. The smallest absolute Gasteiger partial charge is 0.249 e. The molecule has 0 spiro atoms. The summed E-state index contributed by atoms with van der Waals surface area (Å²) >= 11 is 0. The molecule has 110 valence electrons. The van der Waals surface area contributed by atoms with Gasteiger partial charge < -0.3 is 16.0 Å². The maximum absolute atomic E-state index is 11.9. The third kappa shape index (κ3) is 2.20. The lowest BCUT2D eigenvalue weighted by atomic mass is 10.0. The Morgan fingerprint density at radius 3 is 2.71 bits per heavy atom. The topological polar surface area (TPSA) is 105 Å². The third-order valence-electron chi connectivity index (χ3n) is 3.83. The number of rotatable bonds is 2. The van der Waals surface area contributed by atoms with Crippen LogP contribution in [0.4, 0.5) is 17.1 Å². The minimum Gasteiger partial charge on any atom is -0.397 e. The van der Waals surface area contributed by atoms with Gasteiger partial charge in [0.25, 0.3) is 0 Å². The van der Waals surface area contributed by atoms with Gasteiger partial charge in [-0.05, 0) is 24.1 Å². The number of imide groups is 1. The lowest BCUT2D eigenvalue weighted by Crippen LogP contribution is -2.58. The van der Waals surface area contributed by atoms with E-state index in [0.29, 0.717) is 29.9 Å². The van der Waals surface area contributed by atoms with Crippen LogP contribution < -0.4 is 21.3 Å². The molecule has 7 nitrogen and oxygen atoms in total. The molecule has 1 saturated heterocycles. The first-order valence-electron chi connectivity index (χ1n) is 6.82. The Kier molecular flexibility index (Phi) is 3.04. The van der Waals surface area contributed by atoms with Gasteiger partial charge in [0.2, 0.25) is 17.7 Å². The van der Waals surface area contributed by atoms with Crippen LogP contribution in [-0.4, -0.2) is 30.3 Å². The number of carbonyl (C=O) groups excluding carboxylic acids is 3. The molecule has 7 heteroatoms. The highest BCUT2D eigenvalue weighted by Crippen LogP contribution is 2.35. The largest absolute Gasteiger partial charge is 0.397 e. The van der Waals surface area contributed by atoms with E-state index in [1.165, 1.54) is 0 Å². The highest BCUT2D eigenvalue weighted by molar-refractivity contribution is 6.06. The molecule has 0 saturated carbocycles. The van der Waals surface area contributed by atoms with Gasteiger partial charge in [0, 0.05) is 5.69 Å². The molecule has 3 amide bonds. The average molecular weight is 288 g/mol. The van der Waals surface area contributed by atoms with Crippen LogP contribution >= 0.6 is 0 Å². The number of hydrogen-bond donors (Lipinski definition) is 3. The van der Waals surface area contributed by atoms with Crippen molar-refractivity contribution in [1.82, 2.24) is 5.32 Å². The molecule has 3 rings (SSSR count). The summed E-state index contributed by atoms with van der Waals surface area (Å²) in [6.07, 6.45) is 0.860. The number of fused-ring (bicyclic) bond motifs is 1. The molecular weight excluding hydrogens is 272 g/mol. The number of piperazine rings is 1. The van der Waals surface area contributed by atoms with Crippen LogP contribution in [0.3, 0.4) is 0 Å². The van der Waals surface area contributed by atoms with E-state index in [9.17, 15) is 14.4 Å². The van der Waals surface area contributed by atoms with Crippen molar-refractivity contribution in [2.75, 3.05) is 22.5 Å². The first-order valence-corrected chi connectivity index (χ1v) is 6.82. The first-order chi connectivity index (χ1) is 9.99. The number of nitrogens with two attached hydrogens (primary N) is 1. The minimum atomic E-state index is -0.444. The summed E-state index contributed by atoms with van der Waals surface area (Å²) in [6.45, 7) is 1.94. The summed E-state index contributed by atoms with van der Waals surface area (Å²) in [4.78, 5) is 36.7. The Labute approximate surface area is 121 Å². The predicted molar refractivity (Wildman–Crippen MR) is 77.8 cm³/mol. The van der Waals surface area contributed by atoms with Crippen LogP contribution in [0.2, 0.25) is 0 Å². The van der Waals surface area contributed by atoms with E-state index in [1.807, 2.05) is 6.92 Å². The molecule has 0 bridgehead atoms. The highest BCUT2D eigenvalue weighted by atomic mass is 16.2. The molecule has 1 aromatic rings. The second-order valence-corrected chi connectivity index (χ2v) is 5.26. The summed E-state index contributed by atoms with van der Waals surface area (Å²) < 4.78 is 0. The molecule has 0 aliphatic carbocycles. The Bertz CT molecular complexity index is 656. The van der Waals surface area contributed by atoms with Gasteiger partial charge >= 0.3 is 0 Å². The van der Waals surface area contributed by atoms with E-state index in [-0.39, 0.29) is 24.3 Å². The monoisotopic (exact) mass is 288 g/mol. The van der Waals surface area contributed by atoms with Crippen molar-refractivity contribution in [2.45, 2.75) is 25.8 Å². The Morgan fingerprint density at radius 1 is 1.24 bits per heavy atom. The lowest BCUT2D eigenvalue weighted by Gasteiger charge is -2.36. The van der Waals surface area contributed by atoms with E-state index in [0.717, 1.165) is 5.56 Å². The number of benzene rings is 1. The molecule has 1 aromatic carbocycles. The summed E-state index contributed by atoms with van der Waals surface area (Å²) in [6, 6.07) is 3.02. The maximum atomic E-state index is 11.9. The molecule has 2 aliphatic rings. The van der Waals surface area contributed by atoms with Crippen LogP contribution in [0.15, 0.2) is 12.1 Å². The van der Waals surface area contributed by atoms with Crippen molar-refractivity contribution in [3.05, 3.63) is 17.7 Å². The Morgan fingerprint density at radius 2 is 2.00 bits per heavy atom. The van der Waals surface area contributed by atoms with E-state index >= 15 is 0 Å². The molecule has 2 heterocycles. The van der Waals surface area contributed by atoms with E-state index in [2.05, 4.69) is 10.6 Å². The van der Waals surface area contributed by atoms with Crippen molar-refractivity contribution < 1.29 is 14.4 Å². The van der Waals surface area contributed by atoms with Gasteiger partial charge in [-0.1, -0.05) is 6.92 Å². The molecule has 1 fully saturated rings. The lowest BCUT2D eigenvalue weighted by molar-refractivity contribution is -0.133. The number of carbonyl (C=O) groups is 3. The second-order valence-electron chi connectivity index (χ2n) is 5.26. The number of nitrogens with zero attached hydrogens (tertiary/aromatic N) is 1. The quantitative estimate of drug-likeness (QED) is 0.525. The fourth-order valence-corrected chi connectivity index (χ4v) is 2.86. The van der Waals surface area contributed by atoms with Gasteiger partial charge in [-0.15, -0.1) is 0 Å². The van der Waals surface area contributed by atoms with Gasteiger partial charge in [-0.25, -0.2) is 0 Å². The van der Waals surface area contributed by atoms with Crippen molar-refractivity contribution >= 4 is 34.8 Å². The van der Waals surface area contributed by atoms with Gasteiger partial charge in [-0.3, -0.25) is 19.7 Å². The van der Waals surface area contributed by atoms with Crippen LogP contribution in [0, 0.1) is 0 Å². The number of amides is 3. The Hall–Kier alpha value is -2.57. The minimum absolute atomic E-state index is 0.0706. The van der Waals surface area contributed by atoms with Crippen molar-refractivity contribution in [1.29, 1.82) is 0 Å².